The Morgan fingerprint density at radius 2 is 1.92 bits per heavy atom. The highest BCUT2D eigenvalue weighted by Crippen LogP contribution is 1.90. The first-order valence-corrected chi connectivity index (χ1v) is 4.37. The van der Waals surface area contributed by atoms with Crippen LogP contribution in [-0.4, -0.2) is 38.3 Å². The highest BCUT2D eigenvalue weighted by atomic mass is 16.5. The van der Waals surface area contributed by atoms with Gasteiger partial charge in [0.1, 0.15) is 0 Å². The van der Waals surface area contributed by atoms with E-state index in [9.17, 15) is 0 Å². The molecule has 0 aromatic heterocycles. The van der Waals surface area contributed by atoms with E-state index < -0.39 is 0 Å². The Balaban J connectivity index is 2.82. The fourth-order valence-corrected chi connectivity index (χ4v) is 0.695. The number of aliphatic hydroxyl groups is 1. The van der Waals surface area contributed by atoms with Crippen LogP contribution in [0.4, 0.5) is 0 Å². The van der Waals surface area contributed by atoms with Gasteiger partial charge in [0.2, 0.25) is 0 Å². The fourth-order valence-electron chi connectivity index (χ4n) is 0.695. The van der Waals surface area contributed by atoms with Crippen molar-refractivity contribution in [3.63, 3.8) is 0 Å². The van der Waals surface area contributed by atoms with E-state index in [0.29, 0.717) is 12.6 Å². The lowest BCUT2D eigenvalue weighted by atomic mass is 10.2. The Labute approximate surface area is 74.3 Å². The van der Waals surface area contributed by atoms with Crippen LogP contribution in [0.1, 0.15) is 13.8 Å². The Morgan fingerprint density at radius 1 is 1.25 bits per heavy atom. The molecule has 0 rings (SSSR count). The summed E-state index contributed by atoms with van der Waals surface area (Å²) in [5, 5.41) is 14.2. The van der Waals surface area contributed by atoms with Gasteiger partial charge in [-0.25, -0.2) is 0 Å². The third-order valence-corrected chi connectivity index (χ3v) is 1.25. The van der Waals surface area contributed by atoms with Crippen molar-refractivity contribution in [2.24, 2.45) is 5.92 Å². The summed E-state index contributed by atoms with van der Waals surface area (Å²) in [5.74, 6) is 0.586. The predicted octanol–water partition coefficient (Wildman–Crippen LogP) is -0.254. The highest BCUT2D eigenvalue weighted by molar-refractivity contribution is 4.44. The normalized spacial score (nSPS) is 11.0. The smallest absolute Gasteiger partial charge is 0.0965 e. The minimum atomic E-state index is 0.0362. The van der Waals surface area contributed by atoms with Gasteiger partial charge in [-0.1, -0.05) is 13.8 Å². The number of ether oxygens (including phenoxy) is 1. The molecule has 0 atom stereocenters. The molecule has 4 heteroatoms. The molecule has 0 fully saturated rings. The summed E-state index contributed by atoms with van der Waals surface area (Å²) >= 11 is 0. The van der Waals surface area contributed by atoms with Gasteiger partial charge < -0.3 is 9.84 Å². The summed E-state index contributed by atoms with van der Waals surface area (Å²) < 4.78 is 5.27. The van der Waals surface area contributed by atoms with Crippen molar-refractivity contribution in [2.75, 3.05) is 33.2 Å². The fraction of sp³-hybridized carbons (Fsp3) is 1.00. The van der Waals surface area contributed by atoms with Gasteiger partial charge in [0, 0.05) is 13.1 Å². The summed E-state index contributed by atoms with van der Waals surface area (Å²) in [5.41, 5.74) is 0. The van der Waals surface area contributed by atoms with Gasteiger partial charge in [-0.15, -0.1) is 0 Å². The zero-order valence-electron chi connectivity index (χ0n) is 7.97. The van der Waals surface area contributed by atoms with Crippen LogP contribution in [0.2, 0.25) is 0 Å². The number of nitrogens with one attached hydrogen (secondary N) is 2. The molecule has 0 aliphatic heterocycles. The summed E-state index contributed by atoms with van der Waals surface area (Å²) in [6, 6.07) is 0. The largest absolute Gasteiger partial charge is 0.381 e. The average molecular weight is 176 g/mol. The third kappa shape index (κ3) is 9.84. The van der Waals surface area contributed by atoms with Gasteiger partial charge in [0.25, 0.3) is 0 Å². The molecule has 0 aliphatic rings. The summed E-state index contributed by atoms with van der Waals surface area (Å²) in [4.78, 5) is 0. The lowest BCUT2D eigenvalue weighted by Gasteiger charge is -2.07. The van der Waals surface area contributed by atoms with Crippen LogP contribution in [0.15, 0.2) is 0 Å². The van der Waals surface area contributed by atoms with Crippen molar-refractivity contribution in [3.05, 3.63) is 0 Å². The minimum absolute atomic E-state index is 0.0362. The van der Waals surface area contributed by atoms with E-state index >= 15 is 0 Å². The zero-order valence-corrected chi connectivity index (χ0v) is 7.97. The first kappa shape index (κ1) is 11.8. The molecule has 0 bridgehead atoms. The van der Waals surface area contributed by atoms with Crippen LogP contribution in [0.25, 0.3) is 0 Å². The van der Waals surface area contributed by atoms with Gasteiger partial charge in [-0.2, -0.15) is 0 Å². The lowest BCUT2D eigenvalue weighted by molar-refractivity contribution is 0.0943. The topological polar surface area (TPSA) is 53.5 Å². The molecule has 0 heterocycles. The van der Waals surface area contributed by atoms with E-state index in [1.807, 2.05) is 0 Å². The van der Waals surface area contributed by atoms with Gasteiger partial charge in [-0.05, 0) is 5.92 Å². The van der Waals surface area contributed by atoms with Gasteiger partial charge in [0.05, 0.1) is 20.1 Å². The molecule has 74 valence electrons. The molecule has 0 aromatic rings. The summed E-state index contributed by atoms with van der Waals surface area (Å²) in [6.45, 7) is 7.24. The van der Waals surface area contributed by atoms with Crippen molar-refractivity contribution < 1.29 is 9.84 Å². The molecule has 0 unspecified atom stereocenters. The average Bonchev–Trinajstić information content (AvgIpc) is 2.02. The maximum atomic E-state index is 8.37. The first-order chi connectivity index (χ1) is 5.77. The Bertz CT molecular complexity index is 89.1. The first-order valence-electron chi connectivity index (χ1n) is 4.37. The molecule has 4 nitrogen and oxygen atoms in total. The van der Waals surface area contributed by atoms with Gasteiger partial charge in [-0.3, -0.25) is 10.6 Å². The van der Waals surface area contributed by atoms with E-state index in [-0.39, 0.29) is 6.73 Å². The Kier molecular flexibility index (Phi) is 8.81. The molecule has 0 spiro atoms. The molecule has 0 saturated carbocycles. The van der Waals surface area contributed by atoms with E-state index in [1.165, 1.54) is 0 Å². The molecule has 0 aliphatic carbocycles. The number of hydrogen-bond donors (Lipinski definition) is 3. The lowest BCUT2D eigenvalue weighted by Crippen LogP contribution is -2.29. The van der Waals surface area contributed by atoms with E-state index in [4.69, 9.17) is 9.84 Å². The summed E-state index contributed by atoms with van der Waals surface area (Å²) in [7, 11) is 0. The number of rotatable bonds is 8. The van der Waals surface area contributed by atoms with Crippen molar-refractivity contribution in [1.82, 2.24) is 10.6 Å². The molecule has 0 amide bonds. The van der Waals surface area contributed by atoms with Crippen molar-refractivity contribution >= 4 is 0 Å². The second-order valence-electron chi connectivity index (χ2n) is 3.07. The molecule has 0 saturated heterocycles. The van der Waals surface area contributed by atoms with Crippen molar-refractivity contribution in [3.8, 4) is 0 Å². The van der Waals surface area contributed by atoms with Crippen LogP contribution in [0.3, 0.4) is 0 Å². The predicted molar refractivity (Wildman–Crippen MR) is 48.7 cm³/mol. The van der Waals surface area contributed by atoms with E-state index in [0.717, 1.165) is 19.7 Å². The standard InChI is InChI=1S/C8H20N2O2/c1-8(2)5-12-7-10-4-3-9-6-11/h8-11H,3-7H2,1-2H3. The van der Waals surface area contributed by atoms with Crippen LogP contribution >= 0.6 is 0 Å². The van der Waals surface area contributed by atoms with Crippen LogP contribution in [0.5, 0.6) is 0 Å². The van der Waals surface area contributed by atoms with Crippen LogP contribution < -0.4 is 10.6 Å². The zero-order chi connectivity index (χ0) is 9.23. The van der Waals surface area contributed by atoms with Crippen molar-refractivity contribution in [2.45, 2.75) is 13.8 Å². The molecule has 3 N–H and O–H groups in total. The van der Waals surface area contributed by atoms with Crippen LogP contribution in [-0.2, 0) is 4.74 Å². The van der Waals surface area contributed by atoms with Crippen LogP contribution in [0, 0.1) is 5.92 Å². The second-order valence-corrected chi connectivity index (χ2v) is 3.07. The monoisotopic (exact) mass is 176 g/mol. The molecular weight excluding hydrogens is 156 g/mol. The quantitative estimate of drug-likeness (QED) is 0.352. The van der Waals surface area contributed by atoms with Gasteiger partial charge in [0.15, 0.2) is 0 Å². The maximum Gasteiger partial charge on any atom is 0.0965 e. The minimum Gasteiger partial charge on any atom is -0.381 e. The number of aliphatic hydroxyl groups excluding tert-OH is 1. The number of hydrogen-bond acceptors (Lipinski definition) is 4. The molecule has 12 heavy (non-hydrogen) atoms. The Hall–Kier alpha value is -0.160. The third-order valence-electron chi connectivity index (χ3n) is 1.25. The SMILES string of the molecule is CC(C)COCNCCNCO. The van der Waals surface area contributed by atoms with E-state index in [1.54, 1.807) is 0 Å². The summed E-state index contributed by atoms with van der Waals surface area (Å²) in [6.07, 6.45) is 0. The molecule has 0 aromatic carbocycles. The second kappa shape index (κ2) is 8.93. The maximum absolute atomic E-state index is 8.37. The highest BCUT2D eigenvalue weighted by Gasteiger charge is 1.92. The molecular formula is C8H20N2O2. The van der Waals surface area contributed by atoms with E-state index in [2.05, 4.69) is 24.5 Å². The van der Waals surface area contributed by atoms with Gasteiger partial charge >= 0.3 is 0 Å². The molecule has 0 radical (unpaired) electrons. The Morgan fingerprint density at radius 3 is 2.50 bits per heavy atom. The van der Waals surface area contributed by atoms with Crippen molar-refractivity contribution in [1.29, 1.82) is 0 Å².